The molecule has 130 valence electrons. The Hall–Kier alpha value is -2.36. The van der Waals surface area contributed by atoms with Crippen molar-refractivity contribution in [2.75, 3.05) is 4.90 Å². The number of non-ortho nitro benzene ring substituents is 1. The second kappa shape index (κ2) is 6.51. The highest BCUT2D eigenvalue weighted by Crippen LogP contribution is 2.42. The monoisotopic (exact) mass is 336 g/mol. The van der Waals surface area contributed by atoms with Crippen molar-refractivity contribution >= 4 is 11.4 Å². The molecule has 1 aliphatic heterocycles. The molecule has 0 N–H and O–H groups in total. The molecule has 0 unspecified atom stereocenters. The van der Waals surface area contributed by atoms with E-state index in [-0.39, 0.29) is 10.6 Å². The Morgan fingerprint density at radius 1 is 1.12 bits per heavy atom. The molecule has 2 aliphatic rings. The van der Waals surface area contributed by atoms with Crippen molar-refractivity contribution in [2.45, 2.75) is 51.6 Å². The van der Waals surface area contributed by atoms with Gasteiger partial charge in [-0.1, -0.05) is 42.7 Å². The number of nitrogens with zero attached hydrogens (tertiary/aromatic N) is 2. The molecule has 1 aliphatic carbocycles. The lowest BCUT2D eigenvalue weighted by molar-refractivity contribution is -0.384. The summed E-state index contributed by atoms with van der Waals surface area (Å²) in [5.41, 5.74) is 5.12. The molecule has 2 atom stereocenters. The number of anilines is 1. The fourth-order valence-electron chi connectivity index (χ4n) is 4.52. The molecular weight excluding hydrogens is 312 g/mol. The Kier molecular flexibility index (Phi) is 4.20. The van der Waals surface area contributed by atoms with Crippen molar-refractivity contribution < 1.29 is 4.92 Å². The summed E-state index contributed by atoms with van der Waals surface area (Å²) in [6.07, 6.45) is 6.01. The SMILES string of the molecule is Cc1ccc(CN2c3ccc([N+](=O)[O-])cc3C[C@H]3CCCC[C@H]32)cc1. The summed E-state index contributed by atoms with van der Waals surface area (Å²) in [4.78, 5) is 13.4. The maximum atomic E-state index is 11.2. The van der Waals surface area contributed by atoms with Gasteiger partial charge >= 0.3 is 0 Å². The Morgan fingerprint density at radius 3 is 2.64 bits per heavy atom. The van der Waals surface area contributed by atoms with Gasteiger partial charge in [-0.25, -0.2) is 0 Å². The largest absolute Gasteiger partial charge is 0.364 e. The molecular formula is C21H24N2O2. The first-order valence-corrected chi connectivity index (χ1v) is 9.21. The highest BCUT2D eigenvalue weighted by atomic mass is 16.6. The molecule has 0 amide bonds. The first-order valence-electron chi connectivity index (χ1n) is 9.21. The Balaban J connectivity index is 1.71. The smallest absolute Gasteiger partial charge is 0.269 e. The Bertz CT molecular complexity index is 785. The minimum Gasteiger partial charge on any atom is -0.364 e. The number of benzene rings is 2. The third kappa shape index (κ3) is 3.13. The minimum absolute atomic E-state index is 0.211. The van der Waals surface area contributed by atoms with E-state index < -0.39 is 0 Å². The first kappa shape index (κ1) is 16.1. The molecule has 4 rings (SSSR count). The van der Waals surface area contributed by atoms with Gasteiger partial charge in [0, 0.05) is 30.4 Å². The molecule has 1 saturated carbocycles. The predicted octanol–water partition coefficient (Wildman–Crippen LogP) is 5.02. The molecule has 2 aromatic rings. The first-order chi connectivity index (χ1) is 12.1. The number of aryl methyl sites for hydroxylation is 1. The van der Waals surface area contributed by atoms with E-state index in [1.165, 1.54) is 42.5 Å². The van der Waals surface area contributed by atoms with Gasteiger partial charge < -0.3 is 4.90 Å². The third-order valence-electron chi connectivity index (χ3n) is 5.81. The molecule has 1 fully saturated rings. The lowest BCUT2D eigenvalue weighted by Crippen LogP contribution is -2.46. The summed E-state index contributed by atoms with van der Waals surface area (Å²) in [5.74, 6) is 0.619. The van der Waals surface area contributed by atoms with E-state index >= 15 is 0 Å². The zero-order valence-corrected chi connectivity index (χ0v) is 14.6. The third-order valence-corrected chi connectivity index (χ3v) is 5.81. The van der Waals surface area contributed by atoms with Gasteiger partial charge in [0.2, 0.25) is 0 Å². The number of rotatable bonds is 3. The quantitative estimate of drug-likeness (QED) is 0.584. The van der Waals surface area contributed by atoms with E-state index in [0.29, 0.717) is 12.0 Å². The van der Waals surface area contributed by atoms with E-state index in [9.17, 15) is 10.1 Å². The average molecular weight is 336 g/mol. The number of nitro groups is 1. The molecule has 4 heteroatoms. The topological polar surface area (TPSA) is 46.4 Å². The normalized spacial score (nSPS) is 22.2. The van der Waals surface area contributed by atoms with Crippen LogP contribution in [0.2, 0.25) is 0 Å². The zero-order chi connectivity index (χ0) is 17.4. The molecule has 25 heavy (non-hydrogen) atoms. The number of nitro benzene ring substituents is 1. The van der Waals surface area contributed by atoms with Crippen LogP contribution in [0.25, 0.3) is 0 Å². The van der Waals surface area contributed by atoms with Crippen LogP contribution in [0, 0.1) is 23.0 Å². The highest BCUT2D eigenvalue weighted by Gasteiger charge is 2.36. The molecule has 2 aromatic carbocycles. The number of fused-ring (bicyclic) bond motifs is 2. The van der Waals surface area contributed by atoms with Gasteiger partial charge in [0.25, 0.3) is 5.69 Å². The van der Waals surface area contributed by atoms with Gasteiger partial charge in [-0.15, -0.1) is 0 Å². The number of hydrogen-bond acceptors (Lipinski definition) is 3. The summed E-state index contributed by atoms with van der Waals surface area (Å²) >= 11 is 0. The van der Waals surface area contributed by atoms with Gasteiger partial charge in [-0.2, -0.15) is 0 Å². The number of hydrogen-bond donors (Lipinski definition) is 0. The van der Waals surface area contributed by atoms with Crippen LogP contribution in [-0.2, 0) is 13.0 Å². The van der Waals surface area contributed by atoms with Crippen LogP contribution in [0.5, 0.6) is 0 Å². The molecule has 0 saturated heterocycles. The highest BCUT2D eigenvalue weighted by molar-refractivity contribution is 5.61. The summed E-state index contributed by atoms with van der Waals surface area (Å²) < 4.78 is 0. The van der Waals surface area contributed by atoms with E-state index in [1.54, 1.807) is 12.1 Å². The predicted molar refractivity (Wildman–Crippen MR) is 99.9 cm³/mol. The van der Waals surface area contributed by atoms with Crippen LogP contribution in [0.1, 0.15) is 42.4 Å². The zero-order valence-electron chi connectivity index (χ0n) is 14.6. The van der Waals surface area contributed by atoms with E-state index in [0.717, 1.165) is 18.5 Å². The van der Waals surface area contributed by atoms with Gasteiger partial charge in [0.15, 0.2) is 0 Å². The van der Waals surface area contributed by atoms with E-state index in [4.69, 9.17) is 0 Å². The van der Waals surface area contributed by atoms with Crippen LogP contribution in [-0.4, -0.2) is 11.0 Å². The second-order valence-corrected chi connectivity index (χ2v) is 7.50. The fourth-order valence-corrected chi connectivity index (χ4v) is 4.52. The maximum absolute atomic E-state index is 11.2. The fraction of sp³-hybridized carbons (Fsp3) is 0.429. The standard InChI is InChI=1S/C21H24N2O2/c1-15-6-8-16(9-7-15)14-22-20-5-3-2-4-17(20)12-18-13-19(23(24)25)10-11-21(18)22/h6-11,13,17,20H,2-5,12,14H2,1H3/t17-,20-/m1/s1. The van der Waals surface area contributed by atoms with Crippen molar-refractivity contribution in [1.29, 1.82) is 0 Å². The molecule has 0 bridgehead atoms. The Morgan fingerprint density at radius 2 is 1.88 bits per heavy atom. The summed E-state index contributed by atoms with van der Waals surface area (Å²) in [6.45, 7) is 2.99. The van der Waals surface area contributed by atoms with Gasteiger partial charge in [-0.05, 0) is 49.3 Å². The van der Waals surface area contributed by atoms with Crippen molar-refractivity contribution in [2.24, 2.45) is 5.92 Å². The van der Waals surface area contributed by atoms with Crippen LogP contribution < -0.4 is 4.90 Å². The van der Waals surface area contributed by atoms with Crippen molar-refractivity contribution in [1.82, 2.24) is 0 Å². The van der Waals surface area contributed by atoms with Gasteiger partial charge in [-0.3, -0.25) is 10.1 Å². The van der Waals surface area contributed by atoms with Crippen LogP contribution in [0.4, 0.5) is 11.4 Å². The van der Waals surface area contributed by atoms with Gasteiger partial charge in [0.1, 0.15) is 0 Å². The molecule has 4 nitrogen and oxygen atoms in total. The molecule has 0 aromatic heterocycles. The van der Waals surface area contributed by atoms with Crippen LogP contribution >= 0.6 is 0 Å². The van der Waals surface area contributed by atoms with E-state index in [2.05, 4.69) is 36.1 Å². The average Bonchev–Trinajstić information content (AvgIpc) is 2.62. The van der Waals surface area contributed by atoms with Crippen molar-refractivity contribution in [3.8, 4) is 0 Å². The minimum atomic E-state index is -0.280. The lowest BCUT2D eigenvalue weighted by atomic mass is 9.76. The summed E-state index contributed by atoms with van der Waals surface area (Å²) in [5, 5.41) is 11.2. The molecule has 1 heterocycles. The Labute approximate surface area is 148 Å². The van der Waals surface area contributed by atoms with Crippen LogP contribution in [0.3, 0.4) is 0 Å². The second-order valence-electron chi connectivity index (χ2n) is 7.50. The maximum Gasteiger partial charge on any atom is 0.269 e. The summed E-state index contributed by atoms with van der Waals surface area (Å²) in [6, 6.07) is 14.7. The lowest BCUT2D eigenvalue weighted by Gasteiger charge is -2.46. The van der Waals surface area contributed by atoms with Crippen molar-refractivity contribution in [3.63, 3.8) is 0 Å². The van der Waals surface area contributed by atoms with E-state index in [1.807, 2.05) is 6.07 Å². The molecule has 0 spiro atoms. The van der Waals surface area contributed by atoms with Crippen molar-refractivity contribution in [3.05, 3.63) is 69.3 Å². The summed E-state index contributed by atoms with van der Waals surface area (Å²) in [7, 11) is 0. The van der Waals surface area contributed by atoms with Crippen LogP contribution in [0.15, 0.2) is 42.5 Å². The molecule has 0 radical (unpaired) electrons. The van der Waals surface area contributed by atoms with Gasteiger partial charge in [0.05, 0.1) is 4.92 Å².